The fraction of sp³-hybridized carbons (Fsp3) is 0.381. The molecule has 4 rings (SSSR count). The lowest BCUT2D eigenvalue weighted by Crippen LogP contribution is -2.45. The van der Waals surface area contributed by atoms with Gasteiger partial charge in [-0.1, -0.05) is 0 Å². The Bertz CT molecular complexity index is 1020. The van der Waals surface area contributed by atoms with Gasteiger partial charge in [-0.15, -0.1) is 0 Å². The summed E-state index contributed by atoms with van der Waals surface area (Å²) in [5.74, 6) is 1.01. The van der Waals surface area contributed by atoms with Crippen LogP contribution < -0.4 is 10.5 Å². The molecule has 2 aromatic heterocycles. The molecule has 0 radical (unpaired) electrons. The van der Waals surface area contributed by atoms with Gasteiger partial charge in [-0.05, 0) is 65.6 Å². The van der Waals surface area contributed by atoms with Crippen LogP contribution in [0.5, 0.6) is 5.75 Å². The van der Waals surface area contributed by atoms with Crippen LogP contribution in [0.15, 0.2) is 41.0 Å². The summed E-state index contributed by atoms with van der Waals surface area (Å²) in [7, 11) is 0. The molecule has 30 heavy (non-hydrogen) atoms. The van der Waals surface area contributed by atoms with E-state index in [1.165, 1.54) is 0 Å². The van der Waals surface area contributed by atoms with Gasteiger partial charge in [0.05, 0.1) is 11.4 Å². The Morgan fingerprint density at radius 3 is 2.97 bits per heavy atom. The van der Waals surface area contributed by atoms with Gasteiger partial charge in [-0.3, -0.25) is 9.69 Å². The smallest absolute Gasteiger partial charge is 0.221 e. The second-order valence-electron chi connectivity index (χ2n) is 7.60. The highest BCUT2D eigenvalue weighted by atomic mass is 79.9. The van der Waals surface area contributed by atoms with Crippen LogP contribution in [0.4, 0.5) is 0 Å². The van der Waals surface area contributed by atoms with Crippen molar-refractivity contribution < 1.29 is 14.6 Å². The standard InChI is InChI=1S/C21H24BrN5O3/c22-15-8-18-21(24-9-15)26-20(25-18)13-3-5-17(6-4-13)30-12-16(28)11-27-7-1-2-14(10-27)19(23)29/h3-6,8-9,14,16,28H,1-2,7,10-12H2,(H2,23,29)(H,24,25,26). The number of aromatic nitrogens is 3. The number of hydrogen-bond donors (Lipinski definition) is 3. The van der Waals surface area contributed by atoms with E-state index in [-0.39, 0.29) is 18.4 Å². The molecule has 0 bridgehead atoms. The summed E-state index contributed by atoms with van der Waals surface area (Å²) in [6.07, 6.45) is 2.81. The third-order valence-electron chi connectivity index (χ3n) is 5.25. The van der Waals surface area contributed by atoms with Crippen molar-refractivity contribution in [2.24, 2.45) is 11.7 Å². The summed E-state index contributed by atoms with van der Waals surface area (Å²) >= 11 is 3.41. The number of pyridine rings is 1. The maximum absolute atomic E-state index is 11.4. The molecule has 0 spiro atoms. The summed E-state index contributed by atoms with van der Waals surface area (Å²) in [5.41, 5.74) is 7.85. The number of nitrogens with one attached hydrogen (secondary N) is 1. The van der Waals surface area contributed by atoms with E-state index >= 15 is 0 Å². The molecule has 1 fully saturated rings. The zero-order valence-corrected chi connectivity index (χ0v) is 18.0. The van der Waals surface area contributed by atoms with Crippen LogP contribution in [0.2, 0.25) is 0 Å². The van der Waals surface area contributed by atoms with Gasteiger partial charge in [-0.25, -0.2) is 9.97 Å². The normalized spacial score (nSPS) is 18.4. The molecule has 3 heterocycles. The first-order valence-electron chi connectivity index (χ1n) is 9.92. The van der Waals surface area contributed by atoms with Gasteiger partial charge in [0.1, 0.15) is 24.3 Å². The molecular formula is C21H24BrN5O3. The number of fused-ring (bicyclic) bond motifs is 1. The van der Waals surface area contributed by atoms with Gasteiger partial charge in [0, 0.05) is 29.3 Å². The van der Waals surface area contributed by atoms with E-state index in [1.54, 1.807) is 6.20 Å². The number of aliphatic hydroxyl groups is 1. The minimum absolute atomic E-state index is 0.131. The number of ether oxygens (including phenoxy) is 1. The SMILES string of the molecule is NC(=O)C1CCCN(CC(O)COc2ccc(-c3nc4ncc(Br)cc4[nH]3)cc2)C1. The second-order valence-corrected chi connectivity index (χ2v) is 8.52. The van der Waals surface area contributed by atoms with Crippen molar-refractivity contribution in [1.82, 2.24) is 19.9 Å². The van der Waals surface area contributed by atoms with Crippen molar-refractivity contribution >= 4 is 33.0 Å². The quantitative estimate of drug-likeness (QED) is 0.484. The molecule has 1 aromatic carbocycles. The molecule has 1 saturated heterocycles. The number of nitrogens with zero attached hydrogens (tertiary/aromatic N) is 3. The molecule has 0 aliphatic carbocycles. The van der Waals surface area contributed by atoms with E-state index in [2.05, 4.69) is 35.8 Å². The predicted octanol–water partition coefficient (Wildman–Crippen LogP) is 2.32. The van der Waals surface area contributed by atoms with Crippen LogP contribution in [0.3, 0.4) is 0 Å². The Labute approximate surface area is 182 Å². The van der Waals surface area contributed by atoms with Gasteiger partial charge >= 0.3 is 0 Å². The van der Waals surface area contributed by atoms with Gasteiger partial charge in [0.15, 0.2) is 5.65 Å². The number of rotatable bonds is 7. The van der Waals surface area contributed by atoms with E-state index in [1.807, 2.05) is 30.3 Å². The number of aromatic amines is 1. The van der Waals surface area contributed by atoms with Crippen molar-refractivity contribution in [1.29, 1.82) is 0 Å². The molecule has 0 saturated carbocycles. The van der Waals surface area contributed by atoms with Crippen LogP contribution in [-0.2, 0) is 4.79 Å². The molecule has 8 nitrogen and oxygen atoms in total. The van der Waals surface area contributed by atoms with Crippen molar-refractivity contribution in [3.8, 4) is 17.1 Å². The average Bonchev–Trinajstić information content (AvgIpc) is 3.16. The zero-order valence-electron chi connectivity index (χ0n) is 16.4. The summed E-state index contributed by atoms with van der Waals surface area (Å²) in [5, 5.41) is 10.3. The Morgan fingerprint density at radius 1 is 1.40 bits per heavy atom. The van der Waals surface area contributed by atoms with Gasteiger partial charge in [0.2, 0.25) is 5.91 Å². The van der Waals surface area contributed by atoms with Crippen molar-refractivity contribution in [2.45, 2.75) is 18.9 Å². The second kappa shape index (κ2) is 9.11. The molecule has 1 aliphatic heterocycles. The molecular weight excluding hydrogens is 450 g/mol. The number of piperidine rings is 1. The Balaban J connectivity index is 1.31. The molecule has 1 amide bonds. The third-order valence-corrected chi connectivity index (χ3v) is 5.68. The summed E-state index contributed by atoms with van der Waals surface area (Å²) in [6, 6.07) is 9.46. The molecule has 158 valence electrons. The number of imidazole rings is 1. The van der Waals surface area contributed by atoms with Crippen LogP contribution in [0, 0.1) is 5.92 Å². The maximum Gasteiger partial charge on any atom is 0.221 e. The van der Waals surface area contributed by atoms with E-state index in [9.17, 15) is 9.90 Å². The first-order valence-corrected chi connectivity index (χ1v) is 10.7. The average molecular weight is 474 g/mol. The van der Waals surface area contributed by atoms with E-state index < -0.39 is 6.10 Å². The minimum Gasteiger partial charge on any atom is -0.491 e. The Morgan fingerprint density at radius 2 is 2.20 bits per heavy atom. The fourth-order valence-electron chi connectivity index (χ4n) is 3.72. The first-order chi connectivity index (χ1) is 14.5. The number of carbonyl (C=O) groups is 1. The van der Waals surface area contributed by atoms with Crippen LogP contribution in [-0.4, -0.2) is 63.2 Å². The molecule has 1 aliphatic rings. The number of hydrogen-bond acceptors (Lipinski definition) is 6. The van der Waals surface area contributed by atoms with Crippen LogP contribution >= 0.6 is 15.9 Å². The highest BCUT2D eigenvalue weighted by Crippen LogP contribution is 2.24. The number of carbonyl (C=O) groups excluding carboxylic acids is 1. The first kappa shape index (κ1) is 20.8. The number of likely N-dealkylation sites (tertiary alicyclic amines) is 1. The lowest BCUT2D eigenvalue weighted by Gasteiger charge is -2.32. The zero-order chi connectivity index (χ0) is 21.1. The number of amides is 1. The highest BCUT2D eigenvalue weighted by Gasteiger charge is 2.25. The number of aliphatic hydroxyl groups excluding tert-OH is 1. The molecule has 9 heteroatoms. The van der Waals surface area contributed by atoms with E-state index in [4.69, 9.17) is 10.5 Å². The number of β-amino-alcohol motifs (C(OH)–C–C–N with tert-alkyl or cyclic N) is 1. The third kappa shape index (κ3) is 4.97. The van der Waals surface area contributed by atoms with Crippen LogP contribution in [0.1, 0.15) is 12.8 Å². The monoisotopic (exact) mass is 473 g/mol. The Kier molecular flexibility index (Phi) is 6.31. The number of benzene rings is 1. The van der Waals surface area contributed by atoms with Crippen molar-refractivity contribution in [2.75, 3.05) is 26.2 Å². The van der Waals surface area contributed by atoms with Crippen molar-refractivity contribution in [3.05, 3.63) is 41.0 Å². The number of H-pyrrole nitrogens is 1. The molecule has 2 atom stereocenters. The Hall–Kier alpha value is -2.49. The van der Waals surface area contributed by atoms with Crippen LogP contribution in [0.25, 0.3) is 22.6 Å². The van der Waals surface area contributed by atoms with Gasteiger partial charge < -0.3 is 20.6 Å². The molecule has 3 aromatic rings. The number of primary amides is 1. The summed E-state index contributed by atoms with van der Waals surface area (Å²) in [4.78, 5) is 25.5. The van der Waals surface area contributed by atoms with E-state index in [0.29, 0.717) is 24.5 Å². The van der Waals surface area contributed by atoms with E-state index in [0.717, 1.165) is 40.8 Å². The number of nitrogens with two attached hydrogens (primary N) is 1. The lowest BCUT2D eigenvalue weighted by atomic mass is 9.97. The van der Waals surface area contributed by atoms with Gasteiger partial charge in [0.25, 0.3) is 0 Å². The lowest BCUT2D eigenvalue weighted by molar-refractivity contribution is -0.123. The van der Waals surface area contributed by atoms with Gasteiger partial charge in [-0.2, -0.15) is 0 Å². The molecule has 4 N–H and O–H groups in total. The maximum atomic E-state index is 11.4. The molecule has 2 unspecified atom stereocenters. The highest BCUT2D eigenvalue weighted by molar-refractivity contribution is 9.10. The summed E-state index contributed by atoms with van der Waals surface area (Å²) < 4.78 is 6.62. The predicted molar refractivity (Wildman–Crippen MR) is 117 cm³/mol. The summed E-state index contributed by atoms with van der Waals surface area (Å²) in [6.45, 7) is 2.10. The minimum atomic E-state index is -0.642. The largest absolute Gasteiger partial charge is 0.491 e. The topological polar surface area (TPSA) is 117 Å². The van der Waals surface area contributed by atoms with Crippen molar-refractivity contribution in [3.63, 3.8) is 0 Å². The number of halogens is 1. The fourth-order valence-corrected chi connectivity index (χ4v) is 4.05.